The molecule has 18 heavy (non-hydrogen) atoms. The summed E-state index contributed by atoms with van der Waals surface area (Å²) in [5.41, 5.74) is 1.15. The van der Waals surface area contributed by atoms with Crippen LogP contribution in [-0.2, 0) is 0 Å². The van der Waals surface area contributed by atoms with Gasteiger partial charge in [0, 0.05) is 24.4 Å². The van der Waals surface area contributed by atoms with E-state index in [1.165, 1.54) is 6.07 Å². The maximum absolute atomic E-state index is 10.6. The molecular formula is C13H18N2O3. The largest absolute Gasteiger partial charge is 0.388 e. The van der Waals surface area contributed by atoms with E-state index in [0.717, 1.165) is 36.9 Å². The van der Waals surface area contributed by atoms with Crippen LogP contribution in [0.4, 0.5) is 11.4 Å². The van der Waals surface area contributed by atoms with Crippen LogP contribution in [0.3, 0.4) is 0 Å². The molecule has 1 aromatic rings. The average molecular weight is 250 g/mol. The smallest absolute Gasteiger partial charge is 0.269 e. The first kappa shape index (κ1) is 12.8. The van der Waals surface area contributed by atoms with Gasteiger partial charge in [-0.05, 0) is 31.4 Å². The molecule has 1 fully saturated rings. The average Bonchev–Trinajstić information content (AvgIpc) is 2.75. The Kier molecular flexibility index (Phi) is 3.52. The van der Waals surface area contributed by atoms with Crippen LogP contribution in [0.1, 0.15) is 31.2 Å². The van der Waals surface area contributed by atoms with Gasteiger partial charge in [0.05, 0.1) is 10.5 Å². The van der Waals surface area contributed by atoms with Crippen molar-refractivity contribution >= 4 is 11.4 Å². The van der Waals surface area contributed by atoms with Crippen LogP contribution in [0, 0.1) is 17.0 Å². The second-order valence-corrected chi connectivity index (χ2v) is 5.04. The topological polar surface area (TPSA) is 75.4 Å². The normalized spacial score (nSPS) is 17.7. The predicted octanol–water partition coefficient (Wildman–Crippen LogP) is 2.62. The van der Waals surface area contributed by atoms with Crippen molar-refractivity contribution in [2.75, 3.05) is 11.9 Å². The van der Waals surface area contributed by atoms with E-state index >= 15 is 0 Å². The second-order valence-electron chi connectivity index (χ2n) is 5.04. The number of anilines is 1. The molecule has 0 aliphatic heterocycles. The summed E-state index contributed by atoms with van der Waals surface area (Å²) in [5, 5.41) is 24.0. The van der Waals surface area contributed by atoms with Crippen LogP contribution in [-0.4, -0.2) is 22.2 Å². The van der Waals surface area contributed by atoms with Gasteiger partial charge >= 0.3 is 0 Å². The lowest BCUT2D eigenvalue weighted by Gasteiger charge is -2.23. The van der Waals surface area contributed by atoms with Crippen molar-refractivity contribution in [3.63, 3.8) is 0 Å². The van der Waals surface area contributed by atoms with Crippen LogP contribution in [0.15, 0.2) is 18.2 Å². The van der Waals surface area contributed by atoms with Crippen LogP contribution in [0.5, 0.6) is 0 Å². The van der Waals surface area contributed by atoms with Gasteiger partial charge in [-0.15, -0.1) is 0 Å². The van der Waals surface area contributed by atoms with Crippen molar-refractivity contribution < 1.29 is 10.0 Å². The molecule has 1 aliphatic carbocycles. The highest BCUT2D eigenvalue weighted by Gasteiger charge is 2.30. The number of aliphatic hydroxyl groups is 1. The zero-order chi connectivity index (χ0) is 13.2. The highest BCUT2D eigenvalue weighted by atomic mass is 16.6. The maximum Gasteiger partial charge on any atom is 0.269 e. The van der Waals surface area contributed by atoms with Gasteiger partial charge in [-0.2, -0.15) is 0 Å². The molecule has 1 aromatic carbocycles. The number of nitro groups is 1. The quantitative estimate of drug-likeness (QED) is 0.636. The number of nitrogens with one attached hydrogen (secondary N) is 1. The standard InChI is InChI=1S/C13H18N2O3/c1-10-8-11(15(17)18)4-5-12(10)14-9-13(16)6-2-3-7-13/h4-5,8,14,16H,2-3,6-7,9H2,1H3. The number of nitrogens with zero attached hydrogens (tertiary/aromatic N) is 1. The van der Waals surface area contributed by atoms with Crippen LogP contribution in [0.25, 0.3) is 0 Å². The van der Waals surface area contributed by atoms with Crippen molar-refractivity contribution in [1.82, 2.24) is 0 Å². The van der Waals surface area contributed by atoms with E-state index < -0.39 is 10.5 Å². The molecule has 0 amide bonds. The van der Waals surface area contributed by atoms with Crippen LogP contribution in [0.2, 0.25) is 0 Å². The summed E-state index contributed by atoms with van der Waals surface area (Å²) in [5.74, 6) is 0. The molecule has 1 saturated carbocycles. The number of benzene rings is 1. The summed E-state index contributed by atoms with van der Waals surface area (Å²) < 4.78 is 0. The van der Waals surface area contributed by atoms with Gasteiger partial charge in [0.25, 0.3) is 5.69 Å². The Balaban J connectivity index is 2.03. The summed E-state index contributed by atoms with van der Waals surface area (Å²) in [6.45, 7) is 2.33. The van der Waals surface area contributed by atoms with E-state index in [4.69, 9.17) is 0 Å². The summed E-state index contributed by atoms with van der Waals surface area (Å²) in [6, 6.07) is 4.72. The van der Waals surface area contributed by atoms with Gasteiger partial charge in [-0.25, -0.2) is 0 Å². The minimum Gasteiger partial charge on any atom is -0.388 e. The Labute approximate surface area is 106 Å². The lowest BCUT2D eigenvalue weighted by Crippen LogP contribution is -2.33. The molecule has 0 heterocycles. The van der Waals surface area contributed by atoms with Gasteiger partial charge in [-0.3, -0.25) is 10.1 Å². The van der Waals surface area contributed by atoms with Gasteiger partial charge in [0.1, 0.15) is 0 Å². The molecular weight excluding hydrogens is 232 g/mol. The molecule has 2 rings (SSSR count). The molecule has 1 aliphatic rings. The van der Waals surface area contributed by atoms with E-state index in [0.29, 0.717) is 6.54 Å². The summed E-state index contributed by atoms with van der Waals surface area (Å²) in [6.07, 6.45) is 3.78. The molecule has 5 nitrogen and oxygen atoms in total. The SMILES string of the molecule is Cc1cc([N+](=O)[O-])ccc1NCC1(O)CCCC1. The number of nitro benzene ring substituents is 1. The first-order valence-electron chi connectivity index (χ1n) is 6.21. The Bertz CT molecular complexity index is 454. The van der Waals surface area contributed by atoms with Gasteiger partial charge < -0.3 is 10.4 Å². The van der Waals surface area contributed by atoms with Crippen molar-refractivity contribution in [3.05, 3.63) is 33.9 Å². The zero-order valence-corrected chi connectivity index (χ0v) is 10.5. The van der Waals surface area contributed by atoms with Crippen LogP contribution >= 0.6 is 0 Å². The lowest BCUT2D eigenvalue weighted by molar-refractivity contribution is -0.384. The van der Waals surface area contributed by atoms with Gasteiger partial charge in [0.15, 0.2) is 0 Å². The molecule has 0 spiro atoms. The first-order valence-corrected chi connectivity index (χ1v) is 6.21. The third-order valence-corrected chi connectivity index (χ3v) is 3.56. The Morgan fingerprint density at radius 1 is 1.44 bits per heavy atom. The molecule has 0 radical (unpaired) electrons. The summed E-state index contributed by atoms with van der Waals surface area (Å²) in [7, 11) is 0. The Morgan fingerprint density at radius 3 is 2.67 bits per heavy atom. The zero-order valence-electron chi connectivity index (χ0n) is 10.5. The van der Waals surface area contributed by atoms with Crippen molar-refractivity contribution in [1.29, 1.82) is 0 Å². The van der Waals surface area contributed by atoms with Crippen molar-refractivity contribution in [3.8, 4) is 0 Å². The number of hydrogen-bond donors (Lipinski definition) is 2. The maximum atomic E-state index is 10.6. The lowest BCUT2D eigenvalue weighted by atomic mass is 10.0. The van der Waals surface area contributed by atoms with E-state index in [9.17, 15) is 15.2 Å². The van der Waals surface area contributed by atoms with Gasteiger partial charge in [-0.1, -0.05) is 12.8 Å². The van der Waals surface area contributed by atoms with E-state index in [1.54, 1.807) is 12.1 Å². The fraction of sp³-hybridized carbons (Fsp3) is 0.538. The Hall–Kier alpha value is -1.62. The number of aryl methyl sites for hydroxylation is 1. The fourth-order valence-corrected chi connectivity index (χ4v) is 2.43. The summed E-state index contributed by atoms with van der Waals surface area (Å²) >= 11 is 0. The minimum atomic E-state index is -0.617. The van der Waals surface area contributed by atoms with Crippen LogP contribution < -0.4 is 5.32 Å². The van der Waals surface area contributed by atoms with Gasteiger partial charge in [0.2, 0.25) is 0 Å². The highest BCUT2D eigenvalue weighted by Crippen LogP contribution is 2.30. The third-order valence-electron chi connectivity index (χ3n) is 3.56. The molecule has 0 atom stereocenters. The van der Waals surface area contributed by atoms with Crippen molar-refractivity contribution in [2.45, 2.75) is 38.2 Å². The third kappa shape index (κ3) is 2.79. The molecule has 0 aromatic heterocycles. The number of non-ortho nitro benzene ring substituents is 1. The molecule has 0 bridgehead atoms. The molecule has 98 valence electrons. The monoisotopic (exact) mass is 250 g/mol. The first-order chi connectivity index (χ1) is 8.50. The number of rotatable bonds is 4. The Morgan fingerprint density at radius 2 is 2.11 bits per heavy atom. The molecule has 0 saturated heterocycles. The van der Waals surface area contributed by atoms with E-state index in [-0.39, 0.29) is 5.69 Å². The van der Waals surface area contributed by atoms with E-state index in [2.05, 4.69) is 5.32 Å². The fourth-order valence-electron chi connectivity index (χ4n) is 2.43. The molecule has 2 N–H and O–H groups in total. The van der Waals surface area contributed by atoms with Crippen molar-refractivity contribution in [2.24, 2.45) is 0 Å². The summed E-state index contributed by atoms with van der Waals surface area (Å²) in [4.78, 5) is 10.2. The molecule has 0 unspecified atom stereocenters. The second kappa shape index (κ2) is 4.94. The van der Waals surface area contributed by atoms with E-state index in [1.807, 2.05) is 6.92 Å². The molecule has 5 heteroatoms. The number of hydrogen-bond acceptors (Lipinski definition) is 4. The highest BCUT2D eigenvalue weighted by molar-refractivity contribution is 5.55. The minimum absolute atomic E-state index is 0.0950. The predicted molar refractivity (Wildman–Crippen MR) is 69.7 cm³/mol.